The van der Waals surface area contributed by atoms with Crippen LogP contribution in [0.2, 0.25) is 0 Å². The second kappa shape index (κ2) is 5.11. The lowest BCUT2D eigenvalue weighted by molar-refractivity contribution is 0.102. The number of halogens is 2. The minimum atomic E-state index is -0.290. The van der Waals surface area contributed by atoms with E-state index in [-0.39, 0.29) is 11.7 Å². The lowest BCUT2D eigenvalue weighted by Gasteiger charge is -2.07. The quantitative estimate of drug-likeness (QED) is 0.756. The highest BCUT2D eigenvalue weighted by molar-refractivity contribution is 9.11. The zero-order valence-electron chi connectivity index (χ0n) is 9.42. The van der Waals surface area contributed by atoms with Gasteiger partial charge in [-0.3, -0.25) is 9.89 Å². The van der Waals surface area contributed by atoms with E-state index in [2.05, 4.69) is 47.4 Å². The van der Waals surface area contributed by atoms with Crippen molar-refractivity contribution in [2.45, 2.75) is 6.92 Å². The Hall–Kier alpha value is -1.34. The molecule has 0 bridgehead atoms. The zero-order valence-corrected chi connectivity index (χ0v) is 12.6. The molecule has 0 atom stereocenters. The Morgan fingerprint density at radius 2 is 2.17 bits per heavy atom. The Labute approximate surface area is 120 Å². The number of amides is 1. The van der Waals surface area contributed by atoms with Crippen LogP contribution in [0, 0.1) is 6.92 Å². The van der Waals surface area contributed by atoms with Crippen LogP contribution in [0.4, 0.5) is 11.5 Å². The van der Waals surface area contributed by atoms with Crippen LogP contribution < -0.4 is 11.1 Å². The molecule has 2 rings (SSSR count). The van der Waals surface area contributed by atoms with Crippen LogP contribution in [-0.2, 0) is 0 Å². The monoisotopic (exact) mass is 372 g/mol. The summed E-state index contributed by atoms with van der Waals surface area (Å²) in [5, 5.41) is 9.24. The Balaban J connectivity index is 2.27. The van der Waals surface area contributed by atoms with Crippen LogP contribution in [0.15, 0.2) is 27.1 Å². The van der Waals surface area contributed by atoms with Crippen molar-refractivity contribution in [3.05, 3.63) is 38.4 Å². The standard InChI is InChI=1S/C11H10Br2N4O/c1-5-9(10(14)17-16-5)11(18)15-8-3-2-6(12)4-7(8)13/h2-4H,1H3,(H,15,18)(H3,14,16,17). The molecule has 0 aliphatic carbocycles. The number of aromatic amines is 1. The van der Waals surface area contributed by atoms with Crippen molar-refractivity contribution >= 4 is 49.3 Å². The summed E-state index contributed by atoms with van der Waals surface area (Å²) in [6.07, 6.45) is 0. The maximum Gasteiger partial charge on any atom is 0.261 e. The Bertz CT molecular complexity index is 590. The summed E-state index contributed by atoms with van der Waals surface area (Å²) >= 11 is 6.72. The molecule has 0 fully saturated rings. The SMILES string of the molecule is Cc1[nH]nc(N)c1C(=O)Nc1ccc(Br)cc1Br. The van der Waals surface area contributed by atoms with E-state index in [0.717, 1.165) is 8.95 Å². The third-order valence-corrected chi connectivity index (χ3v) is 3.53. The predicted molar refractivity (Wildman–Crippen MR) is 77.5 cm³/mol. The molecule has 0 saturated carbocycles. The van der Waals surface area contributed by atoms with E-state index in [1.54, 1.807) is 13.0 Å². The Kier molecular flexibility index (Phi) is 3.72. The van der Waals surface area contributed by atoms with Crippen LogP contribution in [0.3, 0.4) is 0 Å². The van der Waals surface area contributed by atoms with Gasteiger partial charge in [0.05, 0.1) is 5.69 Å². The first-order chi connectivity index (χ1) is 8.49. The number of aromatic nitrogens is 2. The van der Waals surface area contributed by atoms with Gasteiger partial charge in [0, 0.05) is 14.6 Å². The maximum atomic E-state index is 12.1. The molecule has 0 aliphatic heterocycles. The first-order valence-electron chi connectivity index (χ1n) is 5.06. The molecule has 1 heterocycles. The van der Waals surface area contributed by atoms with E-state index in [1.165, 1.54) is 0 Å². The van der Waals surface area contributed by atoms with Crippen molar-refractivity contribution in [2.75, 3.05) is 11.1 Å². The lowest BCUT2D eigenvalue weighted by atomic mass is 10.2. The van der Waals surface area contributed by atoms with Gasteiger partial charge in [-0.15, -0.1) is 0 Å². The van der Waals surface area contributed by atoms with E-state index in [1.807, 2.05) is 12.1 Å². The van der Waals surface area contributed by atoms with Gasteiger partial charge in [0.1, 0.15) is 5.56 Å². The van der Waals surface area contributed by atoms with Crippen LogP contribution in [0.1, 0.15) is 16.1 Å². The number of nitrogens with one attached hydrogen (secondary N) is 2. The van der Waals surface area contributed by atoms with Gasteiger partial charge in [-0.1, -0.05) is 15.9 Å². The molecule has 94 valence electrons. The number of hydrogen-bond acceptors (Lipinski definition) is 3. The van der Waals surface area contributed by atoms with Crippen molar-refractivity contribution < 1.29 is 4.79 Å². The average Bonchev–Trinajstić information content (AvgIpc) is 2.62. The summed E-state index contributed by atoms with van der Waals surface area (Å²) in [5.41, 5.74) is 7.31. The molecule has 0 unspecified atom stereocenters. The molecule has 0 saturated heterocycles. The summed E-state index contributed by atoms with van der Waals surface area (Å²) in [5.74, 6) is -0.0972. The van der Waals surface area contributed by atoms with Crippen LogP contribution in [-0.4, -0.2) is 16.1 Å². The summed E-state index contributed by atoms with van der Waals surface area (Å²) in [4.78, 5) is 12.1. The van der Waals surface area contributed by atoms with Crippen molar-refractivity contribution in [2.24, 2.45) is 0 Å². The lowest BCUT2D eigenvalue weighted by Crippen LogP contribution is -2.14. The van der Waals surface area contributed by atoms with Crippen LogP contribution in [0.25, 0.3) is 0 Å². The second-order valence-electron chi connectivity index (χ2n) is 3.69. The van der Waals surface area contributed by atoms with Crippen molar-refractivity contribution in [3.63, 3.8) is 0 Å². The molecule has 2 aromatic rings. The van der Waals surface area contributed by atoms with Gasteiger partial charge in [-0.05, 0) is 41.1 Å². The van der Waals surface area contributed by atoms with Crippen molar-refractivity contribution in [1.29, 1.82) is 0 Å². The van der Waals surface area contributed by atoms with Crippen molar-refractivity contribution in [3.8, 4) is 0 Å². The first-order valence-corrected chi connectivity index (χ1v) is 6.64. The predicted octanol–water partition coefficient (Wildman–Crippen LogP) is 3.08. The van der Waals surface area contributed by atoms with E-state index in [9.17, 15) is 4.79 Å². The molecule has 1 aromatic carbocycles. The van der Waals surface area contributed by atoms with Gasteiger partial charge in [0.15, 0.2) is 5.82 Å². The molecule has 4 N–H and O–H groups in total. The molecular weight excluding hydrogens is 364 g/mol. The Morgan fingerprint density at radius 3 is 2.72 bits per heavy atom. The molecule has 7 heteroatoms. The number of carbonyl (C=O) groups excluding carboxylic acids is 1. The third kappa shape index (κ3) is 2.56. The minimum Gasteiger partial charge on any atom is -0.382 e. The van der Waals surface area contributed by atoms with Crippen LogP contribution >= 0.6 is 31.9 Å². The zero-order chi connectivity index (χ0) is 13.3. The third-order valence-electron chi connectivity index (χ3n) is 2.38. The van der Waals surface area contributed by atoms with Gasteiger partial charge in [0.2, 0.25) is 0 Å². The molecule has 0 radical (unpaired) electrons. The fourth-order valence-electron chi connectivity index (χ4n) is 1.51. The summed E-state index contributed by atoms with van der Waals surface area (Å²) in [7, 11) is 0. The topological polar surface area (TPSA) is 83.8 Å². The fourth-order valence-corrected chi connectivity index (χ4v) is 2.66. The van der Waals surface area contributed by atoms with E-state index in [0.29, 0.717) is 16.9 Å². The first kappa shape index (κ1) is 13.1. The molecule has 5 nitrogen and oxygen atoms in total. The van der Waals surface area contributed by atoms with E-state index in [4.69, 9.17) is 5.73 Å². The molecule has 1 amide bonds. The maximum absolute atomic E-state index is 12.1. The number of aryl methyl sites for hydroxylation is 1. The fraction of sp³-hybridized carbons (Fsp3) is 0.0909. The summed E-state index contributed by atoms with van der Waals surface area (Å²) in [6, 6.07) is 5.48. The normalized spacial score (nSPS) is 10.4. The highest BCUT2D eigenvalue weighted by Crippen LogP contribution is 2.27. The Morgan fingerprint density at radius 1 is 1.44 bits per heavy atom. The summed E-state index contributed by atoms with van der Waals surface area (Å²) < 4.78 is 1.70. The average molecular weight is 374 g/mol. The number of rotatable bonds is 2. The number of nitrogens with two attached hydrogens (primary N) is 1. The number of benzene rings is 1. The number of carbonyl (C=O) groups is 1. The highest BCUT2D eigenvalue weighted by atomic mass is 79.9. The molecule has 1 aromatic heterocycles. The number of nitrogens with zero attached hydrogens (tertiary/aromatic N) is 1. The minimum absolute atomic E-state index is 0.193. The largest absolute Gasteiger partial charge is 0.382 e. The number of nitrogen functional groups attached to an aromatic ring is 1. The number of hydrogen-bond donors (Lipinski definition) is 3. The van der Waals surface area contributed by atoms with Gasteiger partial charge in [-0.2, -0.15) is 5.10 Å². The summed E-state index contributed by atoms with van der Waals surface area (Å²) in [6.45, 7) is 1.74. The van der Waals surface area contributed by atoms with Gasteiger partial charge in [-0.25, -0.2) is 0 Å². The highest BCUT2D eigenvalue weighted by Gasteiger charge is 2.16. The molecule has 18 heavy (non-hydrogen) atoms. The smallest absolute Gasteiger partial charge is 0.261 e. The molecule has 0 spiro atoms. The van der Waals surface area contributed by atoms with Crippen molar-refractivity contribution in [1.82, 2.24) is 10.2 Å². The molecule has 0 aliphatic rings. The number of H-pyrrole nitrogens is 1. The number of anilines is 2. The van der Waals surface area contributed by atoms with E-state index < -0.39 is 0 Å². The second-order valence-corrected chi connectivity index (χ2v) is 5.46. The van der Waals surface area contributed by atoms with Gasteiger partial charge in [0.25, 0.3) is 5.91 Å². The van der Waals surface area contributed by atoms with E-state index >= 15 is 0 Å². The van der Waals surface area contributed by atoms with Crippen LogP contribution in [0.5, 0.6) is 0 Å². The van der Waals surface area contributed by atoms with Gasteiger partial charge < -0.3 is 11.1 Å². The molecular formula is C11H10Br2N4O. The van der Waals surface area contributed by atoms with Gasteiger partial charge >= 0.3 is 0 Å².